The molecule has 2 aromatic rings. The largest absolute Gasteiger partial charge is 0.383 e. The summed E-state index contributed by atoms with van der Waals surface area (Å²) < 4.78 is 0. The zero-order chi connectivity index (χ0) is 15.4. The number of anilines is 1. The number of nitrogens with zero attached hydrogens (tertiary/aromatic N) is 3. The lowest BCUT2D eigenvalue weighted by atomic mass is 10.1. The second-order valence-electron chi connectivity index (χ2n) is 4.32. The first-order valence-corrected chi connectivity index (χ1v) is 7.40. The summed E-state index contributed by atoms with van der Waals surface area (Å²) in [6.45, 7) is 1.71. The number of hydrogen-bond acceptors (Lipinski definition) is 5. The van der Waals surface area contributed by atoms with E-state index in [1.807, 2.05) is 30.3 Å². The molecule has 0 bridgehead atoms. The topological polar surface area (TPSA) is 86.5 Å². The van der Waals surface area contributed by atoms with E-state index in [-0.39, 0.29) is 11.4 Å². The highest BCUT2D eigenvalue weighted by atomic mass is 35.5. The molecule has 1 aromatic heterocycles. The lowest BCUT2D eigenvalue weighted by molar-refractivity contribution is 1.08. The summed E-state index contributed by atoms with van der Waals surface area (Å²) in [5, 5.41) is 19.5. The number of benzene rings is 1. The highest BCUT2D eigenvalue weighted by Crippen LogP contribution is 2.30. The Labute approximate surface area is 132 Å². The number of aromatic nitrogens is 1. The molecule has 0 atom stereocenters. The van der Waals surface area contributed by atoms with Gasteiger partial charge in [0.15, 0.2) is 0 Å². The number of nitriles is 2. The van der Waals surface area contributed by atoms with E-state index < -0.39 is 0 Å². The quantitative estimate of drug-likeness (QED) is 0.874. The van der Waals surface area contributed by atoms with Crippen LogP contribution in [0.4, 0.5) is 5.82 Å². The zero-order valence-corrected chi connectivity index (χ0v) is 12.8. The molecule has 0 amide bonds. The second kappa shape index (κ2) is 6.49. The Balaban J connectivity index is 2.31. The fourth-order valence-electron chi connectivity index (χ4n) is 1.81. The summed E-state index contributed by atoms with van der Waals surface area (Å²) in [5.41, 5.74) is 8.08. The summed E-state index contributed by atoms with van der Waals surface area (Å²) in [5.74, 6) is 0.802. The molecule has 1 heterocycles. The van der Waals surface area contributed by atoms with Crippen molar-refractivity contribution in [1.29, 1.82) is 10.5 Å². The number of halogens is 1. The number of hydrogen-bond donors (Lipinski definition) is 1. The molecule has 2 rings (SSSR count). The minimum Gasteiger partial charge on any atom is -0.383 e. The number of rotatable bonds is 3. The number of thioether (sulfide) groups is 1. The lowest BCUT2D eigenvalue weighted by Gasteiger charge is -2.09. The molecular weight excluding hydrogens is 304 g/mol. The Morgan fingerprint density at radius 1 is 1.19 bits per heavy atom. The van der Waals surface area contributed by atoms with Crippen molar-refractivity contribution >= 4 is 29.2 Å². The highest BCUT2D eigenvalue weighted by Gasteiger charge is 2.15. The summed E-state index contributed by atoms with van der Waals surface area (Å²) in [6.07, 6.45) is 0. The Morgan fingerprint density at radius 3 is 2.38 bits per heavy atom. The van der Waals surface area contributed by atoms with E-state index in [9.17, 15) is 5.26 Å². The second-order valence-corrected chi connectivity index (χ2v) is 5.72. The average Bonchev–Trinajstić information content (AvgIpc) is 2.47. The van der Waals surface area contributed by atoms with Crippen LogP contribution in [0.3, 0.4) is 0 Å². The van der Waals surface area contributed by atoms with Crippen LogP contribution in [0.25, 0.3) is 0 Å². The van der Waals surface area contributed by atoms with Gasteiger partial charge in [-0.1, -0.05) is 23.7 Å². The van der Waals surface area contributed by atoms with Gasteiger partial charge in [-0.15, -0.1) is 11.8 Å². The van der Waals surface area contributed by atoms with Crippen LogP contribution < -0.4 is 5.73 Å². The number of nitrogens with two attached hydrogens (primary N) is 1. The molecule has 0 saturated heterocycles. The first-order valence-electron chi connectivity index (χ1n) is 6.04. The van der Waals surface area contributed by atoms with E-state index in [0.717, 1.165) is 5.56 Å². The molecule has 1 aromatic carbocycles. The molecule has 0 spiro atoms. The van der Waals surface area contributed by atoms with Crippen LogP contribution in [0.5, 0.6) is 0 Å². The molecule has 0 fully saturated rings. The fourth-order valence-corrected chi connectivity index (χ4v) is 2.94. The van der Waals surface area contributed by atoms with E-state index in [1.165, 1.54) is 11.8 Å². The maximum Gasteiger partial charge on any atom is 0.143 e. The van der Waals surface area contributed by atoms with Gasteiger partial charge >= 0.3 is 0 Å². The highest BCUT2D eigenvalue weighted by molar-refractivity contribution is 7.98. The summed E-state index contributed by atoms with van der Waals surface area (Å²) in [7, 11) is 0. The van der Waals surface area contributed by atoms with E-state index in [0.29, 0.717) is 26.9 Å². The number of nitrogen functional groups attached to an aromatic ring is 1. The van der Waals surface area contributed by atoms with Gasteiger partial charge in [-0.3, -0.25) is 0 Å². The van der Waals surface area contributed by atoms with Crippen LogP contribution in [0, 0.1) is 29.6 Å². The summed E-state index contributed by atoms with van der Waals surface area (Å²) in [6, 6.07) is 11.5. The first-order chi connectivity index (χ1) is 10.1. The molecule has 0 unspecified atom stereocenters. The first kappa shape index (κ1) is 15.2. The van der Waals surface area contributed by atoms with Gasteiger partial charge in [-0.05, 0) is 30.2 Å². The van der Waals surface area contributed by atoms with Crippen molar-refractivity contribution < 1.29 is 0 Å². The predicted octanol–water partition coefficient (Wildman–Crippen LogP) is 3.66. The Hall–Kier alpha value is -2.21. The van der Waals surface area contributed by atoms with Crippen LogP contribution in [0.1, 0.15) is 22.3 Å². The molecule has 0 aliphatic carbocycles. The van der Waals surface area contributed by atoms with Crippen molar-refractivity contribution in [3.8, 4) is 12.1 Å². The van der Waals surface area contributed by atoms with Gasteiger partial charge < -0.3 is 5.73 Å². The van der Waals surface area contributed by atoms with E-state index >= 15 is 0 Å². The maximum absolute atomic E-state index is 9.27. The minimum absolute atomic E-state index is 0.160. The number of pyridine rings is 1. The van der Waals surface area contributed by atoms with Crippen molar-refractivity contribution in [1.82, 2.24) is 4.98 Å². The Kier molecular flexibility index (Phi) is 4.70. The smallest absolute Gasteiger partial charge is 0.143 e. The van der Waals surface area contributed by atoms with Crippen LogP contribution >= 0.6 is 23.4 Å². The third-order valence-corrected chi connectivity index (χ3v) is 4.25. The van der Waals surface area contributed by atoms with Gasteiger partial charge in [0.25, 0.3) is 0 Å². The Bertz CT molecular complexity index is 757. The molecule has 0 aliphatic heterocycles. The van der Waals surface area contributed by atoms with Crippen LogP contribution in [-0.2, 0) is 5.75 Å². The molecule has 104 valence electrons. The monoisotopic (exact) mass is 314 g/mol. The molecular formula is C15H11ClN4S. The van der Waals surface area contributed by atoms with E-state index in [1.54, 1.807) is 6.92 Å². The molecule has 0 saturated carbocycles. The summed E-state index contributed by atoms with van der Waals surface area (Å²) >= 11 is 7.25. The summed E-state index contributed by atoms with van der Waals surface area (Å²) in [4.78, 5) is 4.18. The zero-order valence-electron chi connectivity index (χ0n) is 11.2. The molecule has 0 radical (unpaired) electrons. The van der Waals surface area contributed by atoms with Gasteiger partial charge in [0.1, 0.15) is 23.0 Å². The predicted molar refractivity (Wildman–Crippen MR) is 83.8 cm³/mol. The molecule has 21 heavy (non-hydrogen) atoms. The van der Waals surface area contributed by atoms with Gasteiger partial charge in [0.2, 0.25) is 0 Å². The van der Waals surface area contributed by atoms with Crippen molar-refractivity contribution in [2.45, 2.75) is 17.7 Å². The SMILES string of the molecule is Cc1c(C#N)c(N)nc(SCc2ccc(Cl)cc2)c1C#N. The molecule has 2 N–H and O–H groups in total. The molecule has 4 nitrogen and oxygen atoms in total. The van der Waals surface area contributed by atoms with Gasteiger partial charge in [-0.2, -0.15) is 10.5 Å². The third kappa shape index (κ3) is 3.28. The van der Waals surface area contributed by atoms with Crippen molar-refractivity contribution in [3.63, 3.8) is 0 Å². The fraction of sp³-hybridized carbons (Fsp3) is 0.133. The van der Waals surface area contributed by atoms with Crippen LogP contribution in [-0.4, -0.2) is 4.98 Å². The van der Waals surface area contributed by atoms with Gasteiger partial charge in [0, 0.05) is 10.8 Å². The molecule has 0 aliphatic rings. The van der Waals surface area contributed by atoms with Crippen LogP contribution in [0.2, 0.25) is 5.02 Å². The van der Waals surface area contributed by atoms with Crippen molar-refractivity contribution in [2.24, 2.45) is 0 Å². The van der Waals surface area contributed by atoms with Crippen molar-refractivity contribution in [2.75, 3.05) is 5.73 Å². The van der Waals surface area contributed by atoms with E-state index in [4.69, 9.17) is 22.6 Å². The molecule has 6 heteroatoms. The lowest BCUT2D eigenvalue weighted by Crippen LogP contribution is -2.03. The normalized spacial score (nSPS) is 9.90. The average molecular weight is 315 g/mol. The van der Waals surface area contributed by atoms with Gasteiger partial charge in [-0.25, -0.2) is 4.98 Å². The Morgan fingerprint density at radius 2 is 1.81 bits per heavy atom. The standard InChI is InChI=1S/C15H11ClN4S/c1-9-12(6-17)14(19)20-15(13(9)7-18)21-8-10-2-4-11(16)5-3-10/h2-5H,8H2,1H3,(H2,19,20). The third-order valence-electron chi connectivity index (χ3n) is 2.95. The van der Waals surface area contributed by atoms with Gasteiger partial charge in [0.05, 0.1) is 11.1 Å². The van der Waals surface area contributed by atoms with Crippen LogP contribution in [0.15, 0.2) is 29.3 Å². The maximum atomic E-state index is 9.27. The van der Waals surface area contributed by atoms with Crippen molar-refractivity contribution in [3.05, 3.63) is 51.5 Å². The van der Waals surface area contributed by atoms with E-state index in [2.05, 4.69) is 11.1 Å². The minimum atomic E-state index is 0.160.